The van der Waals surface area contributed by atoms with Crippen LogP contribution in [0.2, 0.25) is 0 Å². The van der Waals surface area contributed by atoms with Crippen LogP contribution in [0.15, 0.2) is 66.0 Å². The summed E-state index contributed by atoms with van der Waals surface area (Å²) in [5, 5.41) is 8.48. The zero-order valence-electron chi connectivity index (χ0n) is 15.2. The largest absolute Gasteiger partial charge is 0.351 e. The molecule has 0 spiro atoms. The van der Waals surface area contributed by atoms with Crippen LogP contribution in [0.3, 0.4) is 0 Å². The number of benzene rings is 2. The lowest BCUT2D eigenvalue weighted by atomic mass is 10.0. The lowest BCUT2D eigenvalue weighted by molar-refractivity contribution is -0.120. The van der Waals surface area contributed by atoms with Crippen LogP contribution in [0.1, 0.15) is 33.2 Å². The maximum absolute atomic E-state index is 12.3. The number of amides is 1. The summed E-state index contributed by atoms with van der Waals surface area (Å²) >= 11 is 1.70. The van der Waals surface area contributed by atoms with E-state index in [2.05, 4.69) is 66.3 Å². The normalized spacial score (nSPS) is 11.9. The molecule has 134 valence electrons. The number of nitrogens with one attached hydrogen (secondary N) is 2. The van der Waals surface area contributed by atoms with Crippen molar-refractivity contribution in [3.8, 4) is 0 Å². The van der Waals surface area contributed by atoms with E-state index >= 15 is 0 Å². The minimum Gasteiger partial charge on any atom is -0.351 e. The summed E-state index contributed by atoms with van der Waals surface area (Å²) < 4.78 is 0. The molecule has 3 nitrogen and oxygen atoms in total. The second-order valence-corrected chi connectivity index (χ2v) is 7.42. The molecule has 1 heterocycles. The molecular weight excluding hydrogens is 340 g/mol. The number of rotatable bonds is 7. The van der Waals surface area contributed by atoms with Crippen molar-refractivity contribution in [1.29, 1.82) is 0 Å². The monoisotopic (exact) mass is 364 g/mol. The standard InChI is InChI=1S/C22H24N2OS/c1-16-9-11-18(12-10-16)22(20-8-5-13-26-20)24-15-21(25)23-14-19-7-4-3-6-17(19)2/h3-13,22,24H,14-15H2,1-2H3,(H,23,25)/t22-/m0/s1. The molecule has 0 saturated heterocycles. The first-order chi connectivity index (χ1) is 12.6. The van der Waals surface area contributed by atoms with E-state index in [9.17, 15) is 4.79 Å². The molecule has 3 aromatic rings. The molecule has 1 aromatic heterocycles. The van der Waals surface area contributed by atoms with Crippen molar-refractivity contribution < 1.29 is 4.79 Å². The van der Waals surface area contributed by atoms with E-state index < -0.39 is 0 Å². The average molecular weight is 365 g/mol. The zero-order chi connectivity index (χ0) is 18.4. The van der Waals surface area contributed by atoms with Crippen LogP contribution in [0.4, 0.5) is 0 Å². The van der Waals surface area contributed by atoms with E-state index in [1.54, 1.807) is 11.3 Å². The molecule has 2 aromatic carbocycles. The molecule has 0 aliphatic rings. The molecule has 0 fully saturated rings. The van der Waals surface area contributed by atoms with Gasteiger partial charge in [0, 0.05) is 11.4 Å². The van der Waals surface area contributed by atoms with E-state index in [0.29, 0.717) is 6.54 Å². The highest BCUT2D eigenvalue weighted by molar-refractivity contribution is 7.10. The third-order valence-electron chi connectivity index (χ3n) is 4.44. The van der Waals surface area contributed by atoms with Gasteiger partial charge in [0.1, 0.15) is 0 Å². The van der Waals surface area contributed by atoms with Gasteiger partial charge in [0.05, 0.1) is 12.6 Å². The quantitative estimate of drug-likeness (QED) is 0.654. The van der Waals surface area contributed by atoms with Gasteiger partial charge in [0.2, 0.25) is 5.91 Å². The number of carbonyl (C=O) groups excluding carboxylic acids is 1. The van der Waals surface area contributed by atoms with Crippen molar-refractivity contribution in [2.75, 3.05) is 6.54 Å². The van der Waals surface area contributed by atoms with Crippen molar-refractivity contribution in [3.05, 3.63) is 93.2 Å². The van der Waals surface area contributed by atoms with Crippen LogP contribution >= 0.6 is 11.3 Å². The number of hydrogen-bond acceptors (Lipinski definition) is 3. The molecule has 26 heavy (non-hydrogen) atoms. The Balaban J connectivity index is 1.61. The molecule has 1 amide bonds. The van der Waals surface area contributed by atoms with Gasteiger partial charge in [-0.25, -0.2) is 0 Å². The lowest BCUT2D eigenvalue weighted by Crippen LogP contribution is -2.35. The van der Waals surface area contributed by atoms with E-state index in [1.807, 2.05) is 24.3 Å². The molecule has 0 radical (unpaired) electrons. The van der Waals surface area contributed by atoms with Gasteiger partial charge in [-0.3, -0.25) is 10.1 Å². The van der Waals surface area contributed by atoms with Crippen molar-refractivity contribution in [2.45, 2.75) is 26.4 Å². The number of thiophene rings is 1. The van der Waals surface area contributed by atoms with Crippen LogP contribution in [-0.2, 0) is 11.3 Å². The molecule has 1 atom stereocenters. The molecule has 3 rings (SSSR count). The summed E-state index contributed by atoms with van der Waals surface area (Å²) in [4.78, 5) is 13.5. The summed E-state index contributed by atoms with van der Waals surface area (Å²) in [6, 6.07) is 20.7. The summed E-state index contributed by atoms with van der Waals surface area (Å²) in [5.74, 6) is 0.00178. The average Bonchev–Trinajstić information content (AvgIpc) is 3.17. The summed E-state index contributed by atoms with van der Waals surface area (Å²) in [6.07, 6.45) is 0. The van der Waals surface area contributed by atoms with Crippen molar-refractivity contribution in [1.82, 2.24) is 10.6 Å². The molecular formula is C22H24N2OS. The molecule has 4 heteroatoms. The Hall–Kier alpha value is -2.43. The van der Waals surface area contributed by atoms with Gasteiger partial charge < -0.3 is 5.32 Å². The van der Waals surface area contributed by atoms with Gasteiger partial charge in [-0.05, 0) is 42.0 Å². The maximum atomic E-state index is 12.3. The second-order valence-electron chi connectivity index (χ2n) is 6.44. The van der Waals surface area contributed by atoms with Crippen LogP contribution in [0.5, 0.6) is 0 Å². The first-order valence-corrected chi connectivity index (χ1v) is 9.66. The number of hydrogen-bond donors (Lipinski definition) is 2. The number of carbonyl (C=O) groups is 1. The Bertz CT molecular complexity index is 841. The fourth-order valence-electron chi connectivity index (χ4n) is 2.86. The van der Waals surface area contributed by atoms with E-state index in [1.165, 1.54) is 21.6 Å². The predicted octanol–water partition coefficient (Wildman–Crippen LogP) is 4.36. The van der Waals surface area contributed by atoms with Crippen LogP contribution in [-0.4, -0.2) is 12.5 Å². The molecule has 0 aliphatic heterocycles. The molecule has 0 bridgehead atoms. The van der Waals surface area contributed by atoms with Crippen LogP contribution in [0, 0.1) is 13.8 Å². The first kappa shape index (κ1) is 18.4. The highest BCUT2D eigenvalue weighted by Gasteiger charge is 2.16. The molecule has 0 aliphatic carbocycles. The van der Waals surface area contributed by atoms with Gasteiger partial charge in [-0.2, -0.15) is 0 Å². The van der Waals surface area contributed by atoms with E-state index in [-0.39, 0.29) is 18.5 Å². The molecule has 0 saturated carbocycles. The van der Waals surface area contributed by atoms with Crippen LogP contribution in [0.25, 0.3) is 0 Å². The van der Waals surface area contributed by atoms with E-state index in [0.717, 1.165) is 5.56 Å². The van der Waals surface area contributed by atoms with Crippen molar-refractivity contribution >= 4 is 17.2 Å². The third kappa shape index (κ3) is 4.81. The van der Waals surface area contributed by atoms with Gasteiger partial charge >= 0.3 is 0 Å². The zero-order valence-corrected chi connectivity index (χ0v) is 16.0. The van der Waals surface area contributed by atoms with Crippen LogP contribution < -0.4 is 10.6 Å². The topological polar surface area (TPSA) is 41.1 Å². The summed E-state index contributed by atoms with van der Waals surface area (Å²) in [5.41, 5.74) is 4.74. The van der Waals surface area contributed by atoms with Gasteiger partial charge in [-0.15, -0.1) is 11.3 Å². The number of aryl methyl sites for hydroxylation is 2. The Morgan fingerprint density at radius 3 is 2.46 bits per heavy atom. The Morgan fingerprint density at radius 1 is 1.00 bits per heavy atom. The SMILES string of the molecule is Cc1ccc([C@H](NCC(=O)NCc2ccccc2C)c2cccs2)cc1. The highest BCUT2D eigenvalue weighted by atomic mass is 32.1. The predicted molar refractivity (Wildman–Crippen MR) is 108 cm³/mol. The fourth-order valence-corrected chi connectivity index (χ4v) is 3.68. The Morgan fingerprint density at radius 2 is 1.77 bits per heavy atom. The van der Waals surface area contributed by atoms with Crippen molar-refractivity contribution in [2.24, 2.45) is 0 Å². The Kier molecular flexibility index (Phi) is 6.21. The first-order valence-electron chi connectivity index (χ1n) is 8.78. The lowest BCUT2D eigenvalue weighted by Gasteiger charge is -2.18. The van der Waals surface area contributed by atoms with Gasteiger partial charge in [-0.1, -0.05) is 60.2 Å². The highest BCUT2D eigenvalue weighted by Crippen LogP contribution is 2.26. The molecule has 2 N–H and O–H groups in total. The van der Waals surface area contributed by atoms with E-state index in [4.69, 9.17) is 0 Å². The smallest absolute Gasteiger partial charge is 0.234 e. The van der Waals surface area contributed by atoms with Crippen molar-refractivity contribution in [3.63, 3.8) is 0 Å². The summed E-state index contributed by atoms with van der Waals surface area (Å²) in [7, 11) is 0. The minimum absolute atomic E-state index is 0.00178. The maximum Gasteiger partial charge on any atom is 0.234 e. The Labute approximate surface area is 159 Å². The van der Waals surface area contributed by atoms with Gasteiger partial charge in [0.15, 0.2) is 0 Å². The fraction of sp³-hybridized carbons (Fsp3) is 0.227. The summed E-state index contributed by atoms with van der Waals surface area (Å²) in [6.45, 7) is 4.98. The minimum atomic E-state index is 0.00178. The second kappa shape index (κ2) is 8.79. The molecule has 0 unspecified atom stereocenters. The third-order valence-corrected chi connectivity index (χ3v) is 5.38. The van der Waals surface area contributed by atoms with Gasteiger partial charge in [0.25, 0.3) is 0 Å².